The van der Waals surface area contributed by atoms with Crippen LogP contribution >= 0.6 is 11.6 Å². The maximum atomic E-state index is 11.9. The van der Waals surface area contributed by atoms with E-state index < -0.39 is 14.3 Å². The van der Waals surface area contributed by atoms with Crippen molar-refractivity contribution in [3.63, 3.8) is 0 Å². The third-order valence-electron chi connectivity index (χ3n) is 5.44. The maximum Gasteiger partial charge on any atom is 0.360 e. The summed E-state index contributed by atoms with van der Waals surface area (Å²) in [6, 6.07) is 1.87. The van der Waals surface area contributed by atoms with Crippen LogP contribution in [0.4, 0.5) is 5.69 Å². The van der Waals surface area contributed by atoms with Crippen LogP contribution in [0, 0.1) is 0 Å². The molecule has 0 saturated heterocycles. The molecule has 0 amide bonds. The van der Waals surface area contributed by atoms with Gasteiger partial charge in [0.05, 0.1) is 12.8 Å². The fourth-order valence-corrected chi connectivity index (χ4v) is 4.43. The molecule has 0 unspecified atom stereocenters. The van der Waals surface area contributed by atoms with E-state index in [1.165, 1.54) is 7.11 Å². The minimum atomic E-state index is -1.74. The Hall–Kier alpha value is -1.18. The SMILES string of the molecule is COC(=O)c1nnc(Cl)cc1NC1CCC(O[Si](C)(C)C(C)(C)C)CC1. The van der Waals surface area contributed by atoms with Gasteiger partial charge in [0.15, 0.2) is 19.2 Å². The first-order valence-electron chi connectivity index (χ1n) is 9.09. The van der Waals surface area contributed by atoms with Crippen molar-refractivity contribution in [1.82, 2.24) is 10.2 Å². The molecule has 0 atom stereocenters. The van der Waals surface area contributed by atoms with Gasteiger partial charge in [-0.15, -0.1) is 10.2 Å². The van der Waals surface area contributed by atoms with Gasteiger partial charge in [0.1, 0.15) is 0 Å². The van der Waals surface area contributed by atoms with Crippen LogP contribution < -0.4 is 5.32 Å². The van der Waals surface area contributed by atoms with Gasteiger partial charge in [-0.1, -0.05) is 32.4 Å². The Bertz CT molecular complexity index is 641. The van der Waals surface area contributed by atoms with Crippen LogP contribution in [0.5, 0.6) is 0 Å². The second-order valence-electron chi connectivity index (χ2n) is 8.42. The predicted molar refractivity (Wildman–Crippen MR) is 106 cm³/mol. The number of anilines is 1. The van der Waals surface area contributed by atoms with E-state index >= 15 is 0 Å². The molecule has 26 heavy (non-hydrogen) atoms. The molecule has 0 aliphatic heterocycles. The fourth-order valence-electron chi connectivity index (χ4n) is 2.86. The molecule has 0 spiro atoms. The molecule has 1 heterocycles. The number of ether oxygens (including phenoxy) is 1. The summed E-state index contributed by atoms with van der Waals surface area (Å²) in [5.74, 6) is -0.522. The Morgan fingerprint density at radius 1 is 1.23 bits per heavy atom. The molecular formula is C18H30ClN3O3Si. The highest BCUT2D eigenvalue weighted by molar-refractivity contribution is 6.74. The lowest BCUT2D eigenvalue weighted by atomic mass is 9.93. The standard InChI is InChI=1S/C18H30ClN3O3Si/c1-18(2,3)26(5,6)25-13-9-7-12(8-10-13)20-14-11-15(19)21-22-16(14)17(23)24-4/h11-13H,7-10H2,1-6H3,(H,20,21). The summed E-state index contributed by atoms with van der Waals surface area (Å²) in [7, 11) is -0.417. The number of hydrogen-bond acceptors (Lipinski definition) is 6. The molecule has 8 heteroatoms. The summed E-state index contributed by atoms with van der Waals surface area (Å²) in [5, 5.41) is 11.5. The summed E-state index contributed by atoms with van der Waals surface area (Å²) in [6.45, 7) is 11.4. The highest BCUT2D eigenvalue weighted by Gasteiger charge is 2.39. The zero-order chi connectivity index (χ0) is 19.5. The van der Waals surface area contributed by atoms with Crippen molar-refractivity contribution in [2.75, 3.05) is 12.4 Å². The molecule has 0 radical (unpaired) electrons. The van der Waals surface area contributed by atoms with Crippen molar-refractivity contribution in [3.8, 4) is 0 Å². The molecule has 2 rings (SSSR count). The van der Waals surface area contributed by atoms with E-state index in [0.29, 0.717) is 11.8 Å². The fraction of sp³-hybridized carbons (Fsp3) is 0.722. The number of halogens is 1. The first-order valence-corrected chi connectivity index (χ1v) is 12.4. The number of carbonyl (C=O) groups excluding carboxylic acids is 1. The van der Waals surface area contributed by atoms with Crippen LogP contribution in [0.15, 0.2) is 6.07 Å². The van der Waals surface area contributed by atoms with Gasteiger partial charge in [-0.2, -0.15) is 0 Å². The molecule has 0 aromatic carbocycles. The second kappa shape index (κ2) is 8.23. The lowest BCUT2D eigenvalue weighted by Crippen LogP contribution is -2.45. The first kappa shape index (κ1) is 21.1. The summed E-state index contributed by atoms with van der Waals surface area (Å²) in [6.07, 6.45) is 4.27. The van der Waals surface area contributed by atoms with Crippen molar-refractivity contribution < 1.29 is 14.0 Å². The van der Waals surface area contributed by atoms with Crippen molar-refractivity contribution in [2.45, 2.75) is 76.7 Å². The Balaban J connectivity index is 1.97. The molecule has 1 aromatic rings. The molecule has 1 fully saturated rings. The summed E-state index contributed by atoms with van der Waals surface area (Å²) in [5.41, 5.74) is 0.738. The van der Waals surface area contributed by atoms with E-state index in [9.17, 15) is 4.79 Å². The number of nitrogens with zero attached hydrogens (tertiary/aromatic N) is 2. The smallest absolute Gasteiger partial charge is 0.360 e. The number of carbonyl (C=O) groups is 1. The average molecular weight is 400 g/mol. The van der Waals surface area contributed by atoms with Crippen LogP contribution in [-0.4, -0.2) is 43.7 Å². The Morgan fingerprint density at radius 2 is 1.85 bits per heavy atom. The lowest BCUT2D eigenvalue weighted by molar-refractivity contribution is 0.0593. The van der Waals surface area contributed by atoms with Crippen molar-refractivity contribution in [3.05, 3.63) is 16.9 Å². The van der Waals surface area contributed by atoms with Gasteiger partial charge in [-0.25, -0.2) is 4.79 Å². The normalized spacial score (nSPS) is 21.3. The number of methoxy groups -OCH3 is 1. The van der Waals surface area contributed by atoms with Gasteiger partial charge in [0, 0.05) is 18.2 Å². The third kappa shape index (κ3) is 5.17. The molecule has 1 saturated carbocycles. The van der Waals surface area contributed by atoms with Crippen molar-refractivity contribution in [2.24, 2.45) is 0 Å². The van der Waals surface area contributed by atoms with Crippen LogP contribution in [0.3, 0.4) is 0 Å². The van der Waals surface area contributed by atoms with E-state index in [1.807, 2.05) is 0 Å². The van der Waals surface area contributed by atoms with Crippen LogP contribution in [-0.2, 0) is 9.16 Å². The highest BCUT2D eigenvalue weighted by Crippen LogP contribution is 2.39. The minimum absolute atomic E-state index is 0.163. The van der Waals surface area contributed by atoms with Gasteiger partial charge in [0.2, 0.25) is 0 Å². The van der Waals surface area contributed by atoms with Crippen LogP contribution in [0.1, 0.15) is 56.9 Å². The van der Waals surface area contributed by atoms with Crippen molar-refractivity contribution in [1.29, 1.82) is 0 Å². The van der Waals surface area contributed by atoms with Gasteiger partial charge in [-0.3, -0.25) is 0 Å². The first-order chi connectivity index (χ1) is 12.0. The summed E-state index contributed by atoms with van der Waals surface area (Å²) in [4.78, 5) is 11.9. The zero-order valence-electron chi connectivity index (χ0n) is 16.6. The molecule has 146 valence electrons. The Labute approximate surface area is 162 Å². The number of aromatic nitrogens is 2. The van der Waals surface area contributed by atoms with Gasteiger partial charge in [0.25, 0.3) is 0 Å². The van der Waals surface area contributed by atoms with Crippen molar-refractivity contribution >= 4 is 31.6 Å². The molecule has 1 aliphatic rings. The topological polar surface area (TPSA) is 73.3 Å². The van der Waals surface area contributed by atoms with E-state index in [-0.39, 0.29) is 21.9 Å². The molecule has 6 nitrogen and oxygen atoms in total. The molecule has 1 aromatic heterocycles. The second-order valence-corrected chi connectivity index (χ2v) is 13.6. The van der Waals surface area contributed by atoms with Gasteiger partial charge >= 0.3 is 5.97 Å². The lowest BCUT2D eigenvalue weighted by Gasteiger charge is -2.41. The quantitative estimate of drug-likeness (QED) is 0.573. The monoisotopic (exact) mass is 399 g/mol. The van der Waals surface area contributed by atoms with Crippen LogP contribution in [0.2, 0.25) is 23.3 Å². The average Bonchev–Trinajstić information content (AvgIpc) is 2.55. The minimum Gasteiger partial charge on any atom is -0.464 e. The van der Waals surface area contributed by atoms with Crippen LogP contribution in [0.25, 0.3) is 0 Å². The highest BCUT2D eigenvalue weighted by atomic mass is 35.5. The Kier molecular flexibility index (Phi) is 6.68. The van der Waals surface area contributed by atoms with E-state index in [2.05, 4.69) is 49.4 Å². The van der Waals surface area contributed by atoms with E-state index in [1.54, 1.807) is 6.07 Å². The van der Waals surface area contributed by atoms with Gasteiger partial charge in [-0.05, 0) is 43.8 Å². The zero-order valence-corrected chi connectivity index (χ0v) is 18.3. The number of hydrogen-bond donors (Lipinski definition) is 1. The Morgan fingerprint density at radius 3 is 2.38 bits per heavy atom. The molecule has 0 bridgehead atoms. The molecular weight excluding hydrogens is 370 g/mol. The number of nitrogens with one attached hydrogen (secondary N) is 1. The predicted octanol–water partition coefficient (Wildman–Crippen LogP) is 4.66. The molecule has 1 aliphatic carbocycles. The molecule has 1 N–H and O–H groups in total. The summed E-state index contributed by atoms with van der Waals surface area (Å²) < 4.78 is 11.3. The third-order valence-corrected chi connectivity index (χ3v) is 10.2. The van der Waals surface area contributed by atoms with E-state index in [0.717, 1.165) is 25.7 Å². The van der Waals surface area contributed by atoms with Gasteiger partial charge < -0.3 is 14.5 Å². The number of esters is 1. The summed E-state index contributed by atoms with van der Waals surface area (Å²) >= 11 is 5.94. The van der Waals surface area contributed by atoms with E-state index in [4.69, 9.17) is 20.8 Å². The number of rotatable bonds is 5. The maximum absolute atomic E-state index is 11.9. The largest absolute Gasteiger partial charge is 0.464 e.